The maximum absolute atomic E-state index is 13.4. The number of fused-ring (bicyclic) bond motifs is 1. The molecule has 0 aromatic carbocycles. The molecule has 9 nitrogen and oxygen atoms in total. The van der Waals surface area contributed by atoms with E-state index in [2.05, 4.69) is 41.1 Å². The van der Waals surface area contributed by atoms with Gasteiger partial charge in [0.25, 0.3) is 5.91 Å². The van der Waals surface area contributed by atoms with E-state index in [0.717, 1.165) is 16.9 Å². The van der Waals surface area contributed by atoms with Crippen LogP contribution in [0.1, 0.15) is 28.1 Å². The van der Waals surface area contributed by atoms with Gasteiger partial charge in [0.15, 0.2) is 5.82 Å². The highest BCUT2D eigenvalue weighted by Gasteiger charge is 2.37. The summed E-state index contributed by atoms with van der Waals surface area (Å²) in [5.74, 6) is 0.741. The van der Waals surface area contributed by atoms with Crippen molar-refractivity contribution >= 4 is 56.9 Å². The Bertz CT molecular complexity index is 1210. The van der Waals surface area contributed by atoms with Crippen LogP contribution < -0.4 is 15.4 Å². The van der Waals surface area contributed by atoms with Crippen molar-refractivity contribution in [2.24, 2.45) is 0 Å². The van der Waals surface area contributed by atoms with Crippen molar-refractivity contribution in [3.8, 4) is 5.75 Å². The van der Waals surface area contributed by atoms with Crippen LogP contribution >= 0.6 is 27.5 Å². The number of amides is 1. The SMILES string of the molecule is COc1c(C)cnc(CN2C(=O)/C(=C/c3[nH]ncc3Br)c3c(Cl)nc(N)nc32)c1C. The van der Waals surface area contributed by atoms with Gasteiger partial charge >= 0.3 is 0 Å². The van der Waals surface area contributed by atoms with E-state index in [1.165, 1.54) is 4.90 Å². The number of carbonyl (C=O) groups is 1. The number of hydrogen-bond acceptors (Lipinski definition) is 7. The van der Waals surface area contributed by atoms with Crippen LogP contribution in [0.2, 0.25) is 5.15 Å². The van der Waals surface area contributed by atoms with Gasteiger partial charge in [-0.25, -0.2) is 4.98 Å². The molecule has 0 saturated heterocycles. The van der Waals surface area contributed by atoms with Crippen molar-refractivity contribution in [2.45, 2.75) is 20.4 Å². The van der Waals surface area contributed by atoms with Crippen LogP contribution in [0.25, 0.3) is 11.6 Å². The molecule has 3 aromatic heterocycles. The number of nitrogens with zero attached hydrogens (tertiary/aromatic N) is 5. The normalized spacial score (nSPS) is 14.5. The molecule has 1 amide bonds. The first kappa shape index (κ1) is 20.3. The quantitative estimate of drug-likeness (QED) is 0.425. The van der Waals surface area contributed by atoms with E-state index >= 15 is 0 Å². The summed E-state index contributed by atoms with van der Waals surface area (Å²) in [6.45, 7) is 3.98. The maximum atomic E-state index is 13.4. The Labute approximate surface area is 185 Å². The minimum Gasteiger partial charge on any atom is -0.496 e. The lowest BCUT2D eigenvalue weighted by Gasteiger charge is -2.19. The summed E-state index contributed by atoms with van der Waals surface area (Å²) in [6, 6.07) is 0. The number of carbonyl (C=O) groups excluding carboxylic acids is 1. The topological polar surface area (TPSA) is 123 Å². The van der Waals surface area contributed by atoms with E-state index in [0.29, 0.717) is 32.8 Å². The fraction of sp³-hybridized carbons (Fsp3) is 0.211. The molecule has 4 heterocycles. The molecule has 4 rings (SSSR count). The van der Waals surface area contributed by atoms with Gasteiger partial charge in [-0.2, -0.15) is 10.1 Å². The molecular weight excluding hydrogens is 474 g/mol. The number of halogens is 2. The zero-order chi connectivity index (χ0) is 21.6. The summed E-state index contributed by atoms with van der Waals surface area (Å²) in [4.78, 5) is 27.7. The number of ether oxygens (including phenoxy) is 1. The molecular formula is C19H17BrClN7O2. The first-order valence-corrected chi connectivity index (χ1v) is 10.0. The number of anilines is 2. The van der Waals surface area contributed by atoms with Crippen molar-refractivity contribution < 1.29 is 9.53 Å². The molecule has 1 aliphatic heterocycles. The van der Waals surface area contributed by atoms with Crippen LogP contribution in [0.3, 0.4) is 0 Å². The molecule has 154 valence electrons. The van der Waals surface area contributed by atoms with Crippen molar-refractivity contribution in [1.82, 2.24) is 25.1 Å². The van der Waals surface area contributed by atoms with Crippen molar-refractivity contribution in [2.75, 3.05) is 17.7 Å². The van der Waals surface area contributed by atoms with Crippen molar-refractivity contribution in [3.63, 3.8) is 0 Å². The Morgan fingerprint density at radius 2 is 2.10 bits per heavy atom. The van der Waals surface area contributed by atoms with Crippen LogP contribution in [0.4, 0.5) is 11.8 Å². The van der Waals surface area contributed by atoms with Crippen molar-refractivity contribution in [1.29, 1.82) is 0 Å². The number of nitrogens with one attached hydrogen (secondary N) is 1. The van der Waals surface area contributed by atoms with E-state index in [9.17, 15) is 4.79 Å². The maximum Gasteiger partial charge on any atom is 0.260 e. The highest BCUT2D eigenvalue weighted by atomic mass is 79.9. The molecule has 0 fully saturated rings. The minimum absolute atomic E-state index is 0.0216. The molecule has 0 bridgehead atoms. The fourth-order valence-corrected chi connectivity index (χ4v) is 3.98. The van der Waals surface area contributed by atoms with Crippen LogP contribution in [0.15, 0.2) is 16.9 Å². The Morgan fingerprint density at radius 3 is 2.77 bits per heavy atom. The van der Waals surface area contributed by atoms with Crippen LogP contribution in [0, 0.1) is 13.8 Å². The number of pyridine rings is 1. The molecule has 11 heteroatoms. The second-order valence-electron chi connectivity index (χ2n) is 6.70. The molecule has 3 N–H and O–H groups in total. The van der Waals surface area contributed by atoms with Gasteiger partial charge in [-0.1, -0.05) is 11.6 Å². The Hall–Kier alpha value is -2.98. The van der Waals surface area contributed by atoms with Crippen molar-refractivity contribution in [3.05, 3.63) is 50.1 Å². The highest BCUT2D eigenvalue weighted by molar-refractivity contribution is 9.10. The zero-order valence-corrected chi connectivity index (χ0v) is 18.7. The monoisotopic (exact) mass is 489 g/mol. The standard InChI is InChI=1S/C19H17BrClN7O2/c1-8-5-23-13(9(2)15(8)30-3)7-28-17-14(16(21)25-19(22)26-17)10(18(28)29)4-12-11(20)6-24-27-12/h4-6H,7H2,1-3H3,(H,24,27)(H2,22,25,26)/b10-4+. The largest absolute Gasteiger partial charge is 0.496 e. The summed E-state index contributed by atoms with van der Waals surface area (Å²) in [5.41, 5.74) is 9.59. The van der Waals surface area contributed by atoms with Crippen LogP contribution in [0.5, 0.6) is 5.75 Å². The Balaban J connectivity index is 1.84. The molecule has 0 aliphatic carbocycles. The third kappa shape index (κ3) is 3.31. The van der Waals surface area contributed by atoms with Gasteiger partial charge in [0.1, 0.15) is 10.9 Å². The van der Waals surface area contributed by atoms with Gasteiger partial charge in [0, 0.05) is 17.3 Å². The first-order valence-electron chi connectivity index (χ1n) is 8.86. The molecule has 30 heavy (non-hydrogen) atoms. The number of rotatable bonds is 4. The summed E-state index contributed by atoms with van der Waals surface area (Å²) >= 11 is 9.75. The number of H-pyrrole nitrogens is 1. The predicted octanol–water partition coefficient (Wildman–Crippen LogP) is 3.31. The third-order valence-electron chi connectivity index (χ3n) is 4.83. The molecule has 0 radical (unpaired) electrons. The third-order valence-corrected chi connectivity index (χ3v) is 5.74. The van der Waals surface area contributed by atoms with E-state index < -0.39 is 0 Å². The summed E-state index contributed by atoms with van der Waals surface area (Å²) in [6.07, 6.45) is 4.96. The molecule has 3 aromatic rings. The van der Waals surface area contributed by atoms with Gasteiger partial charge < -0.3 is 10.5 Å². The van der Waals surface area contributed by atoms with Gasteiger partial charge in [0.05, 0.1) is 46.8 Å². The number of aromatic amines is 1. The summed E-state index contributed by atoms with van der Waals surface area (Å²) in [7, 11) is 1.60. The smallest absolute Gasteiger partial charge is 0.260 e. The van der Waals surface area contributed by atoms with Gasteiger partial charge in [-0.3, -0.25) is 19.8 Å². The Kier molecular flexibility index (Phi) is 5.20. The number of methoxy groups -OCH3 is 1. The predicted molar refractivity (Wildman–Crippen MR) is 117 cm³/mol. The molecule has 0 atom stereocenters. The lowest BCUT2D eigenvalue weighted by Crippen LogP contribution is -2.27. The molecule has 0 spiro atoms. The summed E-state index contributed by atoms with van der Waals surface area (Å²) < 4.78 is 6.19. The lowest BCUT2D eigenvalue weighted by molar-refractivity contribution is -0.113. The van der Waals surface area contributed by atoms with E-state index in [1.54, 1.807) is 25.6 Å². The number of nitrogen functional groups attached to an aromatic ring is 1. The number of nitrogens with two attached hydrogens (primary N) is 1. The first-order chi connectivity index (χ1) is 14.3. The average molecular weight is 491 g/mol. The molecule has 0 saturated carbocycles. The second-order valence-corrected chi connectivity index (χ2v) is 7.91. The zero-order valence-electron chi connectivity index (χ0n) is 16.3. The van der Waals surface area contributed by atoms with Crippen LogP contribution in [-0.4, -0.2) is 38.2 Å². The van der Waals surface area contributed by atoms with E-state index in [-0.39, 0.29) is 23.6 Å². The van der Waals surface area contributed by atoms with E-state index in [1.807, 2.05) is 13.8 Å². The fourth-order valence-electron chi connectivity index (χ4n) is 3.40. The van der Waals surface area contributed by atoms with Gasteiger partial charge in [0.2, 0.25) is 5.95 Å². The Morgan fingerprint density at radius 1 is 1.33 bits per heavy atom. The summed E-state index contributed by atoms with van der Waals surface area (Å²) in [5, 5.41) is 6.88. The van der Waals surface area contributed by atoms with Crippen LogP contribution in [-0.2, 0) is 11.3 Å². The second kappa shape index (κ2) is 7.69. The lowest BCUT2D eigenvalue weighted by atomic mass is 10.1. The highest BCUT2D eigenvalue weighted by Crippen LogP contribution is 2.42. The average Bonchev–Trinajstić information content (AvgIpc) is 3.20. The van der Waals surface area contributed by atoms with E-state index in [4.69, 9.17) is 22.1 Å². The number of aryl methyl sites for hydroxylation is 1. The van der Waals surface area contributed by atoms with Gasteiger partial charge in [-0.05, 0) is 35.9 Å². The number of hydrogen-bond donors (Lipinski definition) is 2. The molecule has 0 unspecified atom stereocenters. The molecule has 1 aliphatic rings. The minimum atomic E-state index is -0.297. The number of aromatic nitrogens is 5. The van der Waals surface area contributed by atoms with Gasteiger partial charge in [-0.15, -0.1) is 0 Å².